The number of hydrogen-bond donors (Lipinski definition) is 0. The number of nitro benzene ring substituents is 1. The Morgan fingerprint density at radius 2 is 2.21 bits per heavy atom. The molecule has 0 radical (unpaired) electrons. The summed E-state index contributed by atoms with van der Waals surface area (Å²) in [6.07, 6.45) is 1.36. The Bertz CT molecular complexity index is 609. The van der Waals surface area contributed by atoms with Crippen molar-refractivity contribution in [3.8, 4) is 5.75 Å². The van der Waals surface area contributed by atoms with E-state index in [0.717, 1.165) is 0 Å². The molecule has 2 aromatic rings. The number of benzene rings is 1. The van der Waals surface area contributed by atoms with Gasteiger partial charge in [0.15, 0.2) is 18.1 Å². The Balaban J connectivity index is 2.13. The molecule has 0 unspecified atom stereocenters. The molecule has 0 aliphatic carbocycles. The van der Waals surface area contributed by atoms with Gasteiger partial charge in [-0.25, -0.2) is 0 Å². The summed E-state index contributed by atoms with van der Waals surface area (Å²) in [4.78, 5) is 21.8. The van der Waals surface area contributed by atoms with Crippen molar-refractivity contribution in [2.45, 2.75) is 0 Å². The van der Waals surface area contributed by atoms with Crippen LogP contribution in [0.1, 0.15) is 10.6 Å². The summed E-state index contributed by atoms with van der Waals surface area (Å²) in [5.41, 5.74) is -0.253. The van der Waals surface area contributed by atoms with Gasteiger partial charge in [0.25, 0.3) is 0 Å². The van der Waals surface area contributed by atoms with Crippen LogP contribution in [0.3, 0.4) is 0 Å². The molecule has 0 atom stereocenters. The van der Waals surface area contributed by atoms with E-state index in [0.29, 0.717) is 0 Å². The largest absolute Gasteiger partial charge is 0.478 e. The minimum absolute atomic E-state index is 0.0580. The lowest BCUT2D eigenvalue weighted by Crippen LogP contribution is -2.11. The van der Waals surface area contributed by atoms with Gasteiger partial charge >= 0.3 is 5.69 Å². The number of carbonyl (C=O) groups excluding carboxylic acids is 1. The maximum Gasteiger partial charge on any atom is 0.311 e. The van der Waals surface area contributed by atoms with Crippen molar-refractivity contribution in [2.75, 3.05) is 6.61 Å². The van der Waals surface area contributed by atoms with E-state index in [9.17, 15) is 14.9 Å². The summed E-state index contributed by atoms with van der Waals surface area (Å²) in [7, 11) is 0. The molecule has 1 aromatic heterocycles. The third-order valence-electron chi connectivity index (χ3n) is 2.27. The molecular weight excluding hydrogens is 274 g/mol. The van der Waals surface area contributed by atoms with Crippen LogP contribution in [0.5, 0.6) is 5.75 Å². The van der Waals surface area contributed by atoms with Gasteiger partial charge in [0.2, 0.25) is 5.78 Å². The van der Waals surface area contributed by atoms with E-state index in [-0.39, 0.29) is 28.8 Å². The third kappa shape index (κ3) is 3.11. The van der Waals surface area contributed by atoms with Crippen LogP contribution < -0.4 is 4.74 Å². The van der Waals surface area contributed by atoms with Crippen LogP contribution >= 0.6 is 11.6 Å². The summed E-state index contributed by atoms with van der Waals surface area (Å²) in [6.45, 7) is -0.366. The van der Waals surface area contributed by atoms with Crippen LogP contribution in [0, 0.1) is 10.1 Å². The lowest BCUT2D eigenvalue weighted by atomic mass is 10.3. The molecule has 0 N–H and O–H groups in total. The topological polar surface area (TPSA) is 82.6 Å². The zero-order valence-electron chi connectivity index (χ0n) is 9.54. The van der Waals surface area contributed by atoms with Crippen molar-refractivity contribution in [2.24, 2.45) is 0 Å². The average Bonchev–Trinajstić information content (AvgIpc) is 2.89. The maximum atomic E-state index is 11.6. The molecular formula is C12H8ClNO5. The molecule has 0 amide bonds. The number of furan rings is 1. The third-order valence-corrected chi connectivity index (χ3v) is 2.51. The summed E-state index contributed by atoms with van der Waals surface area (Å²) in [5.74, 6) is -0.346. The average molecular weight is 282 g/mol. The van der Waals surface area contributed by atoms with Crippen molar-refractivity contribution < 1.29 is 18.9 Å². The molecule has 98 valence electrons. The Morgan fingerprint density at radius 3 is 2.84 bits per heavy atom. The first-order valence-electron chi connectivity index (χ1n) is 5.21. The number of ketones is 1. The first-order valence-corrected chi connectivity index (χ1v) is 5.59. The van der Waals surface area contributed by atoms with Gasteiger partial charge < -0.3 is 9.15 Å². The van der Waals surface area contributed by atoms with Crippen LogP contribution in [0.25, 0.3) is 0 Å². The number of ether oxygens (including phenoxy) is 1. The van der Waals surface area contributed by atoms with Crippen molar-refractivity contribution in [1.82, 2.24) is 0 Å². The van der Waals surface area contributed by atoms with Gasteiger partial charge in [0.05, 0.1) is 11.2 Å². The molecule has 0 aliphatic rings. The molecule has 6 nitrogen and oxygen atoms in total. The monoisotopic (exact) mass is 281 g/mol. The molecule has 7 heteroatoms. The van der Waals surface area contributed by atoms with Crippen LogP contribution in [0.4, 0.5) is 5.69 Å². The summed E-state index contributed by atoms with van der Waals surface area (Å²) >= 11 is 5.73. The second-order valence-corrected chi connectivity index (χ2v) is 3.99. The molecule has 0 saturated carbocycles. The van der Waals surface area contributed by atoms with Crippen LogP contribution in [-0.2, 0) is 0 Å². The zero-order chi connectivity index (χ0) is 13.8. The van der Waals surface area contributed by atoms with Gasteiger partial charge in [-0.3, -0.25) is 14.9 Å². The SMILES string of the molecule is O=C(COc1cc(Cl)ccc1[N+](=O)[O-])c1ccco1. The standard InChI is InChI=1S/C12H8ClNO5/c13-8-3-4-9(14(16)17)12(6-8)19-7-10(15)11-2-1-5-18-11/h1-6H,7H2. The molecule has 0 saturated heterocycles. The number of Topliss-reactive ketones (excluding diaryl/α,β-unsaturated/α-hetero) is 1. The van der Waals surface area contributed by atoms with Crippen molar-refractivity contribution in [3.63, 3.8) is 0 Å². The summed E-state index contributed by atoms with van der Waals surface area (Å²) < 4.78 is 10.0. The van der Waals surface area contributed by atoms with E-state index in [1.807, 2.05) is 0 Å². The van der Waals surface area contributed by atoms with E-state index in [2.05, 4.69) is 0 Å². The molecule has 0 spiro atoms. The Morgan fingerprint density at radius 1 is 1.42 bits per heavy atom. The van der Waals surface area contributed by atoms with Crippen molar-refractivity contribution >= 4 is 23.1 Å². The zero-order valence-corrected chi connectivity index (χ0v) is 10.3. The highest BCUT2D eigenvalue weighted by Crippen LogP contribution is 2.29. The van der Waals surface area contributed by atoms with Gasteiger partial charge in [-0.1, -0.05) is 11.6 Å². The normalized spacial score (nSPS) is 10.2. The number of rotatable bonds is 5. The highest BCUT2D eigenvalue weighted by molar-refractivity contribution is 6.30. The fourth-order valence-corrected chi connectivity index (χ4v) is 1.57. The van der Waals surface area contributed by atoms with Crippen molar-refractivity contribution in [1.29, 1.82) is 0 Å². The van der Waals surface area contributed by atoms with Gasteiger partial charge in [-0.05, 0) is 18.2 Å². The minimum Gasteiger partial charge on any atom is -0.478 e. The number of hydrogen-bond acceptors (Lipinski definition) is 5. The van der Waals surface area contributed by atoms with Gasteiger partial charge in [-0.2, -0.15) is 0 Å². The maximum absolute atomic E-state index is 11.6. The molecule has 1 heterocycles. The van der Waals surface area contributed by atoms with Gasteiger partial charge in [0, 0.05) is 17.2 Å². The fourth-order valence-electron chi connectivity index (χ4n) is 1.41. The number of nitro groups is 1. The first-order chi connectivity index (χ1) is 9.08. The number of carbonyl (C=O) groups is 1. The quantitative estimate of drug-likeness (QED) is 0.478. The van der Waals surface area contributed by atoms with E-state index in [4.69, 9.17) is 20.8 Å². The van der Waals surface area contributed by atoms with Crippen LogP contribution in [0.2, 0.25) is 5.02 Å². The Hall–Kier alpha value is -2.34. The lowest BCUT2D eigenvalue weighted by molar-refractivity contribution is -0.385. The molecule has 1 aromatic carbocycles. The predicted molar refractivity (Wildman–Crippen MR) is 66.6 cm³/mol. The highest BCUT2D eigenvalue weighted by atomic mass is 35.5. The highest BCUT2D eigenvalue weighted by Gasteiger charge is 2.17. The van der Waals surface area contributed by atoms with E-state index >= 15 is 0 Å². The number of halogens is 1. The minimum atomic E-state index is -0.608. The molecule has 0 fully saturated rings. The second-order valence-electron chi connectivity index (χ2n) is 3.56. The van der Waals surface area contributed by atoms with Crippen LogP contribution in [0.15, 0.2) is 41.0 Å². The Labute approximate surface area is 112 Å². The van der Waals surface area contributed by atoms with Gasteiger partial charge in [0.1, 0.15) is 0 Å². The fraction of sp³-hybridized carbons (Fsp3) is 0.0833. The molecule has 0 aliphatic heterocycles. The number of nitrogens with zero attached hydrogens (tertiary/aromatic N) is 1. The predicted octanol–water partition coefficient (Wildman–Crippen LogP) is 3.10. The lowest BCUT2D eigenvalue weighted by Gasteiger charge is -2.05. The van der Waals surface area contributed by atoms with Gasteiger partial charge in [-0.15, -0.1) is 0 Å². The van der Waals surface area contributed by atoms with E-state index in [1.54, 1.807) is 6.07 Å². The Kier molecular flexibility index (Phi) is 3.82. The molecule has 19 heavy (non-hydrogen) atoms. The molecule has 2 rings (SSSR count). The van der Waals surface area contributed by atoms with Crippen molar-refractivity contribution in [3.05, 3.63) is 57.5 Å². The second kappa shape index (κ2) is 5.53. The van der Waals surface area contributed by atoms with E-state index < -0.39 is 10.7 Å². The summed E-state index contributed by atoms with van der Waals surface area (Å²) in [5, 5.41) is 11.1. The first kappa shape index (κ1) is 13.1. The smallest absolute Gasteiger partial charge is 0.311 e. The molecule has 0 bridgehead atoms. The summed E-state index contributed by atoms with van der Waals surface area (Å²) in [6, 6.07) is 6.93. The van der Waals surface area contributed by atoms with E-state index in [1.165, 1.54) is 30.5 Å². The van der Waals surface area contributed by atoms with Crippen LogP contribution in [-0.4, -0.2) is 17.3 Å².